The van der Waals surface area contributed by atoms with Crippen molar-refractivity contribution >= 4 is 39.8 Å². The fourth-order valence-electron chi connectivity index (χ4n) is 4.61. The first-order valence-electron chi connectivity index (χ1n) is 14.5. The van der Waals surface area contributed by atoms with Gasteiger partial charge < -0.3 is 39.4 Å². The molecule has 3 aromatic rings. The summed E-state index contributed by atoms with van der Waals surface area (Å²) in [5.41, 5.74) is 5.13. The van der Waals surface area contributed by atoms with E-state index in [1.165, 1.54) is 32.6 Å². The zero-order valence-electron chi connectivity index (χ0n) is 26.4. The number of allylic oxidation sites excluding steroid dienone is 1. The lowest BCUT2D eigenvalue weighted by Crippen LogP contribution is -2.45. The summed E-state index contributed by atoms with van der Waals surface area (Å²) < 4.78 is 28.4. The summed E-state index contributed by atoms with van der Waals surface area (Å²) in [5, 5.41) is 30.8. The highest BCUT2D eigenvalue weighted by Gasteiger charge is 2.32. The summed E-state index contributed by atoms with van der Waals surface area (Å²) in [7, 11) is 2.75. The highest BCUT2D eigenvalue weighted by atomic mass is 79.9. The molecule has 0 aromatic heterocycles. The minimum absolute atomic E-state index is 0.00742. The van der Waals surface area contributed by atoms with Crippen LogP contribution in [0.3, 0.4) is 0 Å². The van der Waals surface area contributed by atoms with Crippen molar-refractivity contribution in [2.75, 3.05) is 27.4 Å². The lowest BCUT2D eigenvalue weighted by molar-refractivity contribution is -0.384. The van der Waals surface area contributed by atoms with Crippen LogP contribution in [0.1, 0.15) is 36.6 Å². The van der Waals surface area contributed by atoms with E-state index in [9.17, 15) is 24.8 Å². The topological polar surface area (TPSA) is 192 Å². The Bertz CT molecular complexity index is 1710. The van der Waals surface area contributed by atoms with E-state index in [4.69, 9.17) is 23.7 Å². The van der Waals surface area contributed by atoms with Crippen LogP contribution in [-0.4, -0.2) is 61.9 Å². The Morgan fingerprint density at radius 3 is 2.48 bits per heavy atom. The maximum atomic E-state index is 12.5. The average Bonchev–Trinajstić information content (AvgIpc) is 3.07. The molecule has 2 amide bonds. The molecule has 15 nitrogen and oxygen atoms in total. The zero-order valence-corrected chi connectivity index (χ0v) is 28.0. The van der Waals surface area contributed by atoms with Crippen molar-refractivity contribution in [1.29, 1.82) is 0 Å². The molecule has 0 spiro atoms. The Kier molecular flexibility index (Phi) is 12.2. The van der Waals surface area contributed by atoms with Crippen molar-refractivity contribution in [3.63, 3.8) is 0 Å². The number of nitro groups is 1. The number of benzene rings is 3. The highest BCUT2D eigenvalue weighted by Crippen LogP contribution is 2.35. The molecule has 254 valence electrons. The molecular weight excluding hydrogens is 694 g/mol. The largest absolute Gasteiger partial charge is 0.493 e. The number of amides is 2. The van der Waals surface area contributed by atoms with Crippen LogP contribution in [0.4, 0.5) is 10.5 Å². The molecule has 0 saturated carbocycles. The Morgan fingerprint density at radius 2 is 1.81 bits per heavy atom. The number of non-ortho nitro benzene ring substituents is 1. The Labute approximate surface area is 284 Å². The first kappa shape index (κ1) is 35.5. The van der Waals surface area contributed by atoms with Crippen LogP contribution >= 0.6 is 15.9 Å². The predicted octanol–water partition coefficient (Wildman–Crippen LogP) is 4.47. The van der Waals surface area contributed by atoms with E-state index < -0.39 is 29.2 Å². The molecule has 1 aliphatic heterocycles. The number of nitrogens with zero attached hydrogens (tertiary/aromatic N) is 2. The van der Waals surface area contributed by atoms with Crippen LogP contribution in [0.15, 0.2) is 75.4 Å². The number of aliphatic hydroxyl groups is 1. The maximum absolute atomic E-state index is 12.5. The number of carbonyl (C=O) groups is 2. The second-order valence-corrected chi connectivity index (χ2v) is 11.0. The van der Waals surface area contributed by atoms with Crippen LogP contribution < -0.4 is 35.0 Å². The highest BCUT2D eigenvalue weighted by molar-refractivity contribution is 9.10. The summed E-state index contributed by atoms with van der Waals surface area (Å²) >= 11 is 3.48. The molecular formula is C32H34BrN5O10. The van der Waals surface area contributed by atoms with Gasteiger partial charge in [-0.2, -0.15) is 5.10 Å². The van der Waals surface area contributed by atoms with Gasteiger partial charge in [0.15, 0.2) is 29.2 Å². The number of ether oxygens (including phenoxy) is 5. The average molecular weight is 729 g/mol. The van der Waals surface area contributed by atoms with E-state index in [1.54, 1.807) is 56.3 Å². The molecule has 4 rings (SSSR count). The van der Waals surface area contributed by atoms with E-state index in [-0.39, 0.29) is 24.5 Å². The normalized spacial score (nSPS) is 14.9. The number of urea groups is 1. The fraction of sp³-hybridized carbons (Fsp3) is 0.281. The molecule has 0 fully saturated rings. The summed E-state index contributed by atoms with van der Waals surface area (Å²) in [5.74, 6) is 0.931. The van der Waals surface area contributed by atoms with Gasteiger partial charge in [-0.3, -0.25) is 15.5 Å². The Balaban J connectivity index is 1.38. The molecule has 1 heterocycles. The van der Waals surface area contributed by atoms with Gasteiger partial charge in [-0.15, -0.1) is 0 Å². The van der Waals surface area contributed by atoms with Crippen LogP contribution in [0.25, 0.3) is 0 Å². The summed E-state index contributed by atoms with van der Waals surface area (Å²) in [4.78, 5) is 35.0. The molecule has 0 unspecified atom stereocenters. The first-order chi connectivity index (χ1) is 23.0. The Morgan fingerprint density at radius 1 is 1.08 bits per heavy atom. The lowest BCUT2D eigenvalue weighted by atomic mass is 9.95. The standard InChI is InChI=1S/C32H34BrN5O10/c1-5-46-26-12-20(30-29(31(40)45-4)18(2)35-32(41)36-30)8-11-24(26)48-17-28(39)37-34-15-21-13-25(44-3)27(14-23(21)33)47-16-19-6-9-22(10-7-19)38(42)43/h6-15,28,30,37,39H,5,16-17H2,1-4H3,(H2,35,36,41)/b34-15-/t28-,30-/m0/s1. The molecule has 0 aliphatic carbocycles. The quantitative estimate of drug-likeness (QED) is 0.0568. The number of hydrogen-bond acceptors (Lipinski definition) is 12. The number of nitrogens with one attached hydrogen (secondary N) is 3. The SMILES string of the molecule is CCOc1cc([C@@H]2NC(=O)NC(C)=C2C(=O)OC)ccc1OC[C@H](O)N/N=C\c1cc(OC)c(OCc2ccc([N+](=O)[O-])cc2)cc1Br. The maximum Gasteiger partial charge on any atom is 0.337 e. The van der Waals surface area contributed by atoms with E-state index in [0.717, 1.165) is 5.56 Å². The van der Waals surface area contributed by atoms with Crippen LogP contribution in [0.2, 0.25) is 0 Å². The fourth-order valence-corrected chi connectivity index (χ4v) is 5.04. The molecule has 16 heteroatoms. The number of esters is 1. The minimum atomic E-state index is -1.21. The van der Waals surface area contributed by atoms with Crippen LogP contribution in [-0.2, 0) is 16.1 Å². The third-order valence-electron chi connectivity index (χ3n) is 6.92. The molecule has 48 heavy (non-hydrogen) atoms. The number of methoxy groups -OCH3 is 2. The molecule has 3 aromatic carbocycles. The molecule has 0 saturated heterocycles. The van der Waals surface area contributed by atoms with Crippen LogP contribution in [0, 0.1) is 10.1 Å². The van der Waals surface area contributed by atoms with Crippen molar-refractivity contribution in [3.8, 4) is 23.0 Å². The lowest BCUT2D eigenvalue weighted by Gasteiger charge is -2.28. The van der Waals surface area contributed by atoms with Crippen molar-refractivity contribution in [2.45, 2.75) is 32.7 Å². The third kappa shape index (κ3) is 8.92. The zero-order chi connectivity index (χ0) is 34.8. The monoisotopic (exact) mass is 727 g/mol. The van der Waals surface area contributed by atoms with Gasteiger partial charge in [-0.05, 0) is 77.3 Å². The predicted molar refractivity (Wildman–Crippen MR) is 177 cm³/mol. The van der Waals surface area contributed by atoms with E-state index in [1.807, 2.05) is 0 Å². The minimum Gasteiger partial charge on any atom is -0.493 e. The Hall–Kier alpha value is -5.35. The van der Waals surface area contributed by atoms with Gasteiger partial charge in [0.1, 0.15) is 13.2 Å². The van der Waals surface area contributed by atoms with Gasteiger partial charge >= 0.3 is 12.0 Å². The second-order valence-electron chi connectivity index (χ2n) is 10.2. The van der Waals surface area contributed by atoms with Gasteiger partial charge in [0.25, 0.3) is 5.69 Å². The summed E-state index contributed by atoms with van der Waals surface area (Å²) in [6.45, 7) is 3.67. The summed E-state index contributed by atoms with van der Waals surface area (Å²) in [6, 6.07) is 13.1. The number of carbonyl (C=O) groups excluding carboxylic acids is 2. The van der Waals surface area contributed by atoms with Crippen LogP contribution in [0.5, 0.6) is 23.0 Å². The number of aliphatic hydroxyl groups excluding tert-OH is 1. The van der Waals surface area contributed by atoms with E-state index >= 15 is 0 Å². The second kappa shape index (κ2) is 16.5. The number of nitro benzene ring substituents is 1. The molecule has 4 N–H and O–H groups in total. The molecule has 0 radical (unpaired) electrons. The van der Waals surface area contributed by atoms with Gasteiger partial charge in [0.2, 0.25) is 0 Å². The van der Waals surface area contributed by atoms with Gasteiger partial charge in [-0.1, -0.05) is 6.07 Å². The van der Waals surface area contributed by atoms with Gasteiger partial charge in [0.05, 0.1) is 43.6 Å². The number of halogens is 1. The van der Waals surface area contributed by atoms with Crippen molar-refractivity contribution in [3.05, 3.63) is 97.1 Å². The summed E-state index contributed by atoms with van der Waals surface area (Å²) in [6.07, 6.45) is 0.263. The van der Waals surface area contributed by atoms with Crippen molar-refractivity contribution < 1.29 is 43.3 Å². The third-order valence-corrected chi connectivity index (χ3v) is 7.61. The van der Waals surface area contributed by atoms with E-state index in [0.29, 0.717) is 50.9 Å². The number of rotatable bonds is 15. The molecule has 1 aliphatic rings. The smallest absolute Gasteiger partial charge is 0.337 e. The van der Waals surface area contributed by atoms with E-state index in [2.05, 4.69) is 37.1 Å². The first-order valence-corrected chi connectivity index (χ1v) is 15.3. The number of hydrazone groups is 1. The van der Waals surface area contributed by atoms with Gasteiger partial charge in [-0.25, -0.2) is 9.59 Å². The molecule has 0 bridgehead atoms. The van der Waals surface area contributed by atoms with Gasteiger partial charge in [0, 0.05) is 27.9 Å². The molecule has 2 atom stereocenters. The van der Waals surface area contributed by atoms with Crippen molar-refractivity contribution in [1.82, 2.24) is 16.1 Å². The number of hydrogen-bond donors (Lipinski definition) is 4. The van der Waals surface area contributed by atoms with Crippen molar-refractivity contribution in [2.24, 2.45) is 5.10 Å².